The largest absolute Gasteiger partial charge is 0.496 e. The molecule has 29 heavy (non-hydrogen) atoms. The van der Waals surface area contributed by atoms with Gasteiger partial charge in [0.1, 0.15) is 5.75 Å². The van der Waals surface area contributed by atoms with Crippen LogP contribution >= 0.6 is 0 Å². The van der Waals surface area contributed by atoms with Crippen molar-refractivity contribution in [3.63, 3.8) is 0 Å². The molecule has 1 fully saturated rings. The molecule has 1 radical (unpaired) electrons. The van der Waals surface area contributed by atoms with E-state index in [1.165, 1.54) is 23.8 Å². The van der Waals surface area contributed by atoms with Crippen molar-refractivity contribution in [3.05, 3.63) is 46.6 Å². The van der Waals surface area contributed by atoms with E-state index in [1.807, 2.05) is 0 Å². The number of aromatic nitrogens is 1. The highest BCUT2D eigenvalue weighted by atomic mass is 19.4. The average Bonchev–Trinajstić information content (AvgIpc) is 2.65. The number of alkyl halides is 3. The zero-order valence-corrected chi connectivity index (χ0v) is 17.3. The van der Waals surface area contributed by atoms with Gasteiger partial charge < -0.3 is 9.30 Å². The summed E-state index contributed by atoms with van der Waals surface area (Å²) in [5, 5.41) is 0.499. The second-order valence-electron chi connectivity index (χ2n) is 8.66. The van der Waals surface area contributed by atoms with E-state index in [0.29, 0.717) is 24.5 Å². The molecule has 0 saturated carbocycles. The van der Waals surface area contributed by atoms with Gasteiger partial charge in [0.15, 0.2) is 0 Å². The number of piperidine rings is 1. The highest BCUT2D eigenvalue weighted by molar-refractivity contribution is 5.86. The fourth-order valence-corrected chi connectivity index (χ4v) is 4.16. The minimum atomic E-state index is -4.47. The molecule has 1 atom stereocenters. The molecule has 0 N–H and O–H groups in total. The van der Waals surface area contributed by atoms with Crippen molar-refractivity contribution in [1.29, 1.82) is 0 Å². The Labute approximate surface area is 169 Å². The molecule has 0 amide bonds. The van der Waals surface area contributed by atoms with Crippen molar-refractivity contribution in [3.8, 4) is 5.75 Å². The molecule has 1 aromatic heterocycles. The Hall–Kier alpha value is -2.02. The molecule has 0 aliphatic carbocycles. The Kier molecular flexibility index (Phi) is 5.99. The van der Waals surface area contributed by atoms with Crippen LogP contribution in [0.25, 0.3) is 10.9 Å². The maximum Gasteiger partial charge on any atom is 0.416 e. The molecule has 2 heterocycles. The number of pyridine rings is 1. The molecule has 1 saturated heterocycles. The van der Waals surface area contributed by atoms with E-state index in [-0.39, 0.29) is 22.2 Å². The van der Waals surface area contributed by atoms with Crippen LogP contribution in [-0.2, 0) is 12.7 Å². The molecule has 7 heteroatoms. The fourth-order valence-electron chi connectivity index (χ4n) is 4.16. The molecular weight excluding hydrogens is 381 g/mol. The monoisotopic (exact) mass is 409 g/mol. The predicted molar refractivity (Wildman–Crippen MR) is 108 cm³/mol. The van der Waals surface area contributed by atoms with Gasteiger partial charge in [-0.25, -0.2) is 0 Å². The lowest BCUT2D eigenvalue weighted by Crippen LogP contribution is -2.48. The SMILES string of the molecule is COc1cc(=O)n(CCN2CC[CH]CC2C(C)(C)C)c2cc(C(F)(F)F)ccc12. The number of nitrogens with zero attached hydrogens (tertiary/aromatic N) is 2. The fraction of sp³-hybridized carbons (Fsp3) is 0.545. The molecular formula is C22H28F3N2O2. The van der Waals surface area contributed by atoms with Crippen LogP contribution in [0.5, 0.6) is 5.75 Å². The highest BCUT2D eigenvalue weighted by Gasteiger charge is 2.33. The minimum Gasteiger partial charge on any atom is -0.496 e. The zero-order chi connectivity index (χ0) is 21.4. The zero-order valence-electron chi connectivity index (χ0n) is 17.3. The van der Waals surface area contributed by atoms with E-state index in [4.69, 9.17) is 4.74 Å². The summed E-state index contributed by atoms with van der Waals surface area (Å²) in [5.74, 6) is 0.287. The number of rotatable bonds is 4. The molecule has 3 rings (SSSR count). The lowest BCUT2D eigenvalue weighted by molar-refractivity contribution is -0.137. The molecule has 1 aliphatic rings. The standard InChI is InChI=1S/C22H28F3N2O2/c1-21(2,3)19-7-5-6-10-26(19)11-12-27-17-13-15(22(23,24)25)8-9-16(17)18(29-4)14-20(27)28/h5,8-9,13-14,19H,6-7,10-12H2,1-4H3. The molecule has 0 bridgehead atoms. The first kappa shape index (κ1) is 21.7. The van der Waals surface area contributed by atoms with Gasteiger partial charge in [-0.15, -0.1) is 0 Å². The van der Waals surface area contributed by atoms with Crippen LogP contribution < -0.4 is 10.3 Å². The van der Waals surface area contributed by atoms with Crippen molar-refractivity contribution in [2.45, 2.75) is 52.4 Å². The Morgan fingerprint density at radius 3 is 2.48 bits per heavy atom. The van der Waals surface area contributed by atoms with Gasteiger partial charge in [-0.2, -0.15) is 13.2 Å². The summed E-state index contributed by atoms with van der Waals surface area (Å²) in [4.78, 5) is 15.0. The number of hydrogen-bond acceptors (Lipinski definition) is 3. The number of hydrogen-bond donors (Lipinski definition) is 0. The second kappa shape index (κ2) is 8.01. The van der Waals surface area contributed by atoms with Crippen molar-refractivity contribution in [2.24, 2.45) is 5.41 Å². The van der Waals surface area contributed by atoms with Crippen LogP contribution in [0.1, 0.15) is 39.2 Å². The maximum absolute atomic E-state index is 13.3. The first-order chi connectivity index (χ1) is 13.5. The number of benzene rings is 1. The number of fused-ring (bicyclic) bond motifs is 1. The summed E-state index contributed by atoms with van der Waals surface area (Å²) in [6.07, 6.45) is -0.238. The Morgan fingerprint density at radius 2 is 1.86 bits per heavy atom. The summed E-state index contributed by atoms with van der Waals surface area (Å²) in [5.41, 5.74) is -0.802. The number of halogens is 3. The van der Waals surface area contributed by atoms with Gasteiger partial charge >= 0.3 is 6.18 Å². The van der Waals surface area contributed by atoms with Gasteiger partial charge in [0.05, 0.1) is 18.2 Å². The Bertz CT molecular complexity index is 929. The van der Waals surface area contributed by atoms with E-state index in [0.717, 1.165) is 31.5 Å². The van der Waals surface area contributed by atoms with Crippen LogP contribution in [0.3, 0.4) is 0 Å². The van der Waals surface area contributed by atoms with Crippen LogP contribution in [-0.4, -0.2) is 35.7 Å². The average molecular weight is 409 g/mol. The number of ether oxygens (including phenoxy) is 1. The summed E-state index contributed by atoms with van der Waals surface area (Å²) in [6, 6.07) is 5.13. The highest BCUT2D eigenvalue weighted by Crippen LogP contribution is 2.34. The maximum atomic E-state index is 13.3. The van der Waals surface area contributed by atoms with Crippen LogP contribution in [0.15, 0.2) is 29.1 Å². The minimum absolute atomic E-state index is 0.0767. The summed E-state index contributed by atoms with van der Waals surface area (Å²) >= 11 is 0. The van der Waals surface area contributed by atoms with Gasteiger partial charge in [-0.3, -0.25) is 9.69 Å². The normalized spacial score (nSPS) is 18.9. The van der Waals surface area contributed by atoms with Gasteiger partial charge in [0.2, 0.25) is 0 Å². The number of likely N-dealkylation sites (tertiary alicyclic amines) is 1. The van der Waals surface area contributed by atoms with Gasteiger partial charge in [0.25, 0.3) is 5.56 Å². The van der Waals surface area contributed by atoms with Crippen LogP contribution in [0, 0.1) is 11.8 Å². The third-order valence-electron chi connectivity index (χ3n) is 5.68. The molecule has 0 spiro atoms. The van der Waals surface area contributed by atoms with Gasteiger partial charge in [-0.05, 0) is 49.4 Å². The lowest BCUT2D eigenvalue weighted by atomic mass is 9.80. The summed E-state index contributed by atoms with van der Waals surface area (Å²) in [7, 11) is 1.41. The topological polar surface area (TPSA) is 34.5 Å². The van der Waals surface area contributed by atoms with E-state index in [1.54, 1.807) is 0 Å². The van der Waals surface area contributed by atoms with Gasteiger partial charge in [-0.1, -0.05) is 20.8 Å². The van der Waals surface area contributed by atoms with E-state index < -0.39 is 11.7 Å². The first-order valence-corrected chi connectivity index (χ1v) is 9.87. The third kappa shape index (κ3) is 4.60. The Morgan fingerprint density at radius 1 is 1.14 bits per heavy atom. The molecule has 1 aliphatic heterocycles. The van der Waals surface area contributed by atoms with Crippen molar-refractivity contribution < 1.29 is 17.9 Å². The summed E-state index contributed by atoms with van der Waals surface area (Å²) in [6.45, 7) is 8.39. The predicted octanol–water partition coefficient (Wildman–Crippen LogP) is 4.74. The van der Waals surface area contributed by atoms with E-state index in [9.17, 15) is 18.0 Å². The van der Waals surface area contributed by atoms with Crippen molar-refractivity contribution in [2.75, 3.05) is 20.2 Å². The molecule has 1 aromatic carbocycles. The lowest BCUT2D eigenvalue weighted by Gasteiger charge is -2.43. The molecule has 2 aromatic rings. The second-order valence-corrected chi connectivity index (χ2v) is 8.66. The van der Waals surface area contributed by atoms with Crippen molar-refractivity contribution in [1.82, 2.24) is 9.47 Å². The smallest absolute Gasteiger partial charge is 0.416 e. The Balaban J connectivity index is 2.00. The van der Waals surface area contributed by atoms with Crippen molar-refractivity contribution >= 4 is 10.9 Å². The quantitative estimate of drug-likeness (QED) is 0.731. The van der Waals surface area contributed by atoms with Crippen LogP contribution in [0.2, 0.25) is 0 Å². The molecule has 4 nitrogen and oxygen atoms in total. The molecule has 159 valence electrons. The van der Waals surface area contributed by atoms with E-state index >= 15 is 0 Å². The van der Waals surface area contributed by atoms with Gasteiger partial charge in [0, 0.05) is 30.6 Å². The summed E-state index contributed by atoms with van der Waals surface area (Å²) < 4.78 is 46.4. The first-order valence-electron chi connectivity index (χ1n) is 9.87. The van der Waals surface area contributed by atoms with E-state index in [2.05, 4.69) is 32.1 Å². The number of methoxy groups -OCH3 is 1. The van der Waals surface area contributed by atoms with Crippen LogP contribution in [0.4, 0.5) is 13.2 Å². The molecule has 1 unspecified atom stereocenters. The third-order valence-corrected chi connectivity index (χ3v) is 5.68.